The molecular weight excluding hydrogens is 234 g/mol. The molecule has 0 aliphatic rings. The molecule has 2 N–H and O–H groups in total. The number of carbonyl (C=O) groups is 1. The normalized spacial score (nSPS) is 10.9. The van der Waals surface area contributed by atoms with Crippen LogP contribution in [0.3, 0.4) is 0 Å². The van der Waals surface area contributed by atoms with Crippen LogP contribution in [0.1, 0.15) is 6.92 Å². The third-order valence-electron chi connectivity index (χ3n) is 1.78. The van der Waals surface area contributed by atoms with Crippen LogP contribution in [0.2, 0.25) is 0 Å². The summed E-state index contributed by atoms with van der Waals surface area (Å²) in [5.41, 5.74) is 0.185. The second-order valence-electron chi connectivity index (χ2n) is 3.02. The Morgan fingerprint density at radius 1 is 1.44 bits per heavy atom. The predicted molar refractivity (Wildman–Crippen MR) is 57.1 cm³/mol. The zero-order valence-electron chi connectivity index (χ0n) is 8.72. The van der Waals surface area contributed by atoms with Crippen molar-refractivity contribution in [1.82, 2.24) is 0 Å². The lowest BCUT2D eigenvalue weighted by atomic mass is 10.3. The largest absolute Gasteiger partial charge is 0.495 e. The molecule has 0 unspecified atom stereocenters. The molecule has 0 heterocycles. The van der Waals surface area contributed by atoms with E-state index >= 15 is 0 Å². The number of carbonyl (C=O) groups excluding carboxylic acids is 1. The quantitative estimate of drug-likeness (QED) is 0.772. The fraction of sp³-hybridized carbons (Fsp3) is 0.222. The van der Waals surface area contributed by atoms with Gasteiger partial charge in [-0.05, 0) is 18.2 Å². The minimum absolute atomic E-state index is 0.185. The van der Waals surface area contributed by atoms with E-state index in [9.17, 15) is 13.2 Å². The van der Waals surface area contributed by atoms with Crippen molar-refractivity contribution in [2.24, 2.45) is 0 Å². The summed E-state index contributed by atoms with van der Waals surface area (Å²) in [7, 11) is -2.91. The smallest absolute Gasteiger partial charge is 0.294 e. The highest BCUT2D eigenvalue weighted by Crippen LogP contribution is 2.27. The lowest BCUT2D eigenvalue weighted by Crippen LogP contribution is -2.08. The summed E-state index contributed by atoms with van der Waals surface area (Å²) in [6.07, 6.45) is 0. The van der Waals surface area contributed by atoms with Gasteiger partial charge < -0.3 is 10.1 Å². The van der Waals surface area contributed by atoms with E-state index in [1.165, 1.54) is 26.2 Å². The zero-order chi connectivity index (χ0) is 12.3. The van der Waals surface area contributed by atoms with Gasteiger partial charge in [0.1, 0.15) is 5.75 Å². The van der Waals surface area contributed by atoms with Crippen molar-refractivity contribution in [2.45, 2.75) is 11.8 Å². The maximum Gasteiger partial charge on any atom is 0.294 e. The number of hydrogen-bond acceptors (Lipinski definition) is 4. The van der Waals surface area contributed by atoms with E-state index < -0.39 is 10.1 Å². The van der Waals surface area contributed by atoms with Crippen LogP contribution in [0.15, 0.2) is 23.1 Å². The minimum atomic E-state index is -4.29. The Morgan fingerprint density at radius 2 is 2.06 bits per heavy atom. The Bertz CT molecular complexity index is 509. The van der Waals surface area contributed by atoms with Gasteiger partial charge in [-0.25, -0.2) is 0 Å². The van der Waals surface area contributed by atoms with E-state index in [2.05, 4.69) is 5.32 Å². The Labute approximate surface area is 93.0 Å². The van der Waals surface area contributed by atoms with Crippen LogP contribution in [-0.4, -0.2) is 26.0 Å². The highest BCUT2D eigenvalue weighted by atomic mass is 32.2. The molecule has 0 spiro atoms. The molecule has 0 bridgehead atoms. The molecule has 1 aromatic carbocycles. The van der Waals surface area contributed by atoms with Crippen molar-refractivity contribution in [3.63, 3.8) is 0 Å². The van der Waals surface area contributed by atoms with Crippen molar-refractivity contribution in [1.29, 1.82) is 0 Å². The number of methoxy groups -OCH3 is 1. The number of benzene rings is 1. The van der Waals surface area contributed by atoms with E-state index in [0.29, 0.717) is 5.75 Å². The van der Waals surface area contributed by atoms with Crippen LogP contribution >= 0.6 is 0 Å². The summed E-state index contributed by atoms with van der Waals surface area (Å²) >= 11 is 0. The standard InChI is InChI=1S/C9H11NO5S/c1-6(11)10-8-5-7(16(12,13)14)3-4-9(8)15-2/h3-5H,1-2H3,(H,10,11)(H,12,13,14). The zero-order valence-corrected chi connectivity index (χ0v) is 9.54. The van der Waals surface area contributed by atoms with Gasteiger partial charge in [-0.2, -0.15) is 8.42 Å². The molecule has 0 saturated heterocycles. The molecule has 0 fully saturated rings. The van der Waals surface area contributed by atoms with Crippen molar-refractivity contribution in [3.8, 4) is 5.75 Å². The van der Waals surface area contributed by atoms with Gasteiger partial charge in [0.25, 0.3) is 10.1 Å². The van der Waals surface area contributed by atoms with Gasteiger partial charge >= 0.3 is 0 Å². The topological polar surface area (TPSA) is 92.7 Å². The highest BCUT2D eigenvalue weighted by molar-refractivity contribution is 7.85. The number of amides is 1. The molecule has 0 aliphatic heterocycles. The Morgan fingerprint density at radius 3 is 2.50 bits per heavy atom. The highest BCUT2D eigenvalue weighted by Gasteiger charge is 2.13. The molecule has 88 valence electrons. The van der Waals surface area contributed by atoms with Crippen LogP contribution in [0.25, 0.3) is 0 Å². The van der Waals surface area contributed by atoms with Crippen LogP contribution < -0.4 is 10.1 Å². The van der Waals surface area contributed by atoms with E-state index in [-0.39, 0.29) is 16.5 Å². The van der Waals surface area contributed by atoms with Crippen molar-refractivity contribution >= 4 is 21.7 Å². The first-order valence-electron chi connectivity index (χ1n) is 4.27. The molecular formula is C9H11NO5S. The second-order valence-corrected chi connectivity index (χ2v) is 4.44. The van der Waals surface area contributed by atoms with Gasteiger partial charge in [0.05, 0.1) is 17.7 Å². The molecule has 0 aliphatic carbocycles. The molecule has 0 aromatic heterocycles. The van der Waals surface area contributed by atoms with Crippen LogP contribution in [0.4, 0.5) is 5.69 Å². The van der Waals surface area contributed by atoms with Gasteiger partial charge in [0, 0.05) is 6.92 Å². The Kier molecular flexibility index (Phi) is 3.51. The number of ether oxygens (including phenoxy) is 1. The molecule has 16 heavy (non-hydrogen) atoms. The summed E-state index contributed by atoms with van der Waals surface area (Å²) < 4.78 is 35.5. The predicted octanol–water partition coefficient (Wildman–Crippen LogP) is 0.900. The summed E-state index contributed by atoms with van der Waals surface area (Å²) in [5.74, 6) is -0.0617. The van der Waals surface area contributed by atoms with E-state index in [1.807, 2.05) is 0 Å². The maximum absolute atomic E-state index is 10.9. The van der Waals surface area contributed by atoms with E-state index in [1.54, 1.807) is 0 Å². The van der Waals surface area contributed by atoms with Crippen molar-refractivity contribution in [3.05, 3.63) is 18.2 Å². The molecule has 0 radical (unpaired) electrons. The van der Waals surface area contributed by atoms with Gasteiger partial charge in [-0.15, -0.1) is 0 Å². The molecule has 6 nitrogen and oxygen atoms in total. The third-order valence-corrected chi connectivity index (χ3v) is 2.63. The first-order chi connectivity index (χ1) is 7.34. The Balaban J connectivity index is 3.27. The molecule has 1 amide bonds. The summed E-state index contributed by atoms with van der Waals surface area (Å²) in [6.45, 7) is 1.28. The van der Waals surface area contributed by atoms with Crippen LogP contribution in [0.5, 0.6) is 5.75 Å². The molecule has 0 saturated carbocycles. The van der Waals surface area contributed by atoms with Crippen molar-refractivity contribution < 1.29 is 22.5 Å². The average Bonchev–Trinajstić information content (AvgIpc) is 2.15. The van der Waals surface area contributed by atoms with Gasteiger partial charge in [0.15, 0.2) is 0 Å². The fourth-order valence-electron chi connectivity index (χ4n) is 1.13. The van der Waals surface area contributed by atoms with Gasteiger partial charge in [0.2, 0.25) is 5.91 Å². The van der Waals surface area contributed by atoms with Crippen LogP contribution in [-0.2, 0) is 14.9 Å². The fourth-order valence-corrected chi connectivity index (χ4v) is 1.64. The molecule has 1 aromatic rings. The first-order valence-corrected chi connectivity index (χ1v) is 5.71. The summed E-state index contributed by atoms with van der Waals surface area (Å²) in [5, 5.41) is 2.40. The third kappa shape index (κ3) is 2.94. The second kappa shape index (κ2) is 4.50. The first kappa shape index (κ1) is 12.5. The SMILES string of the molecule is COc1ccc(S(=O)(=O)O)cc1NC(C)=O. The van der Waals surface area contributed by atoms with Gasteiger partial charge in [-0.1, -0.05) is 0 Å². The average molecular weight is 245 g/mol. The maximum atomic E-state index is 10.9. The van der Waals surface area contributed by atoms with Crippen LogP contribution in [0, 0.1) is 0 Å². The van der Waals surface area contributed by atoms with E-state index in [0.717, 1.165) is 6.07 Å². The number of nitrogens with one attached hydrogen (secondary N) is 1. The lowest BCUT2D eigenvalue weighted by molar-refractivity contribution is -0.114. The Hall–Kier alpha value is -1.60. The number of rotatable bonds is 3. The minimum Gasteiger partial charge on any atom is -0.495 e. The van der Waals surface area contributed by atoms with Crippen molar-refractivity contribution in [2.75, 3.05) is 12.4 Å². The molecule has 7 heteroatoms. The lowest BCUT2D eigenvalue weighted by Gasteiger charge is -2.09. The number of hydrogen-bond donors (Lipinski definition) is 2. The van der Waals surface area contributed by atoms with E-state index in [4.69, 9.17) is 9.29 Å². The molecule has 0 atom stereocenters. The molecule has 1 rings (SSSR count). The summed E-state index contributed by atoms with van der Waals surface area (Å²) in [6, 6.07) is 3.64. The monoisotopic (exact) mass is 245 g/mol. The van der Waals surface area contributed by atoms with Gasteiger partial charge in [-0.3, -0.25) is 9.35 Å². The summed E-state index contributed by atoms with van der Waals surface area (Å²) in [4.78, 5) is 10.6. The number of anilines is 1.